The molecule has 2 heterocycles. The van der Waals surface area contributed by atoms with Crippen LogP contribution in [-0.4, -0.2) is 51.3 Å². The summed E-state index contributed by atoms with van der Waals surface area (Å²) in [6.45, 7) is 8.80. The van der Waals surface area contributed by atoms with Crippen LogP contribution in [-0.2, 0) is 5.41 Å². The van der Waals surface area contributed by atoms with Gasteiger partial charge in [-0.3, -0.25) is 14.9 Å². The second-order valence-electron chi connectivity index (χ2n) is 7.23. The van der Waals surface area contributed by atoms with Crippen LogP contribution >= 0.6 is 11.5 Å². The predicted octanol–water partition coefficient (Wildman–Crippen LogP) is 2.71. The first-order valence-electron chi connectivity index (χ1n) is 8.38. The Kier molecular flexibility index (Phi) is 4.90. The van der Waals surface area contributed by atoms with Crippen molar-refractivity contribution in [2.75, 3.05) is 31.1 Å². The van der Waals surface area contributed by atoms with Gasteiger partial charge in [-0.2, -0.15) is 4.37 Å². The molecule has 0 aliphatic carbocycles. The summed E-state index contributed by atoms with van der Waals surface area (Å²) in [6.07, 6.45) is 0. The van der Waals surface area contributed by atoms with Crippen molar-refractivity contribution < 1.29 is 9.72 Å². The zero-order valence-corrected chi connectivity index (χ0v) is 15.8. The number of benzene rings is 1. The maximum atomic E-state index is 12.6. The number of hydrogen-bond acceptors (Lipinski definition) is 7. The van der Waals surface area contributed by atoms with Gasteiger partial charge in [-0.05, 0) is 12.1 Å². The van der Waals surface area contributed by atoms with Crippen molar-refractivity contribution in [2.45, 2.75) is 26.2 Å². The first-order valence-corrected chi connectivity index (χ1v) is 9.16. The average Bonchev–Trinajstić information content (AvgIpc) is 3.12. The number of hydrogen-bond donors (Lipinski definition) is 0. The lowest BCUT2D eigenvalue weighted by Gasteiger charge is -2.34. The number of piperazine rings is 1. The third-order valence-electron chi connectivity index (χ3n) is 4.25. The lowest BCUT2D eigenvalue weighted by Crippen LogP contribution is -2.48. The van der Waals surface area contributed by atoms with E-state index in [0.717, 1.165) is 11.0 Å². The minimum absolute atomic E-state index is 0.0164. The molecule has 2 aromatic rings. The third-order valence-corrected chi connectivity index (χ3v) is 5.03. The number of rotatable bonds is 3. The van der Waals surface area contributed by atoms with Crippen LogP contribution in [0, 0.1) is 10.1 Å². The summed E-state index contributed by atoms with van der Waals surface area (Å²) in [5.74, 6) is 0.731. The highest BCUT2D eigenvalue weighted by Gasteiger charge is 2.26. The fraction of sp³-hybridized carbons (Fsp3) is 0.471. The Morgan fingerprint density at radius 2 is 1.77 bits per heavy atom. The number of non-ortho nitro benzene ring substituents is 1. The van der Waals surface area contributed by atoms with E-state index in [1.807, 2.05) is 0 Å². The van der Waals surface area contributed by atoms with Crippen LogP contribution < -0.4 is 4.90 Å². The Labute approximate surface area is 155 Å². The molecule has 8 nitrogen and oxygen atoms in total. The van der Waals surface area contributed by atoms with Gasteiger partial charge >= 0.3 is 0 Å². The first-order chi connectivity index (χ1) is 12.3. The Morgan fingerprint density at radius 1 is 1.15 bits per heavy atom. The van der Waals surface area contributed by atoms with Crippen LogP contribution in [0.15, 0.2) is 24.3 Å². The van der Waals surface area contributed by atoms with Gasteiger partial charge in [0, 0.05) is 60.8 Å². The van der Waals surface area contributed by atoms with Crippen LogP contribution in [0.1, 0.15) is 37.0 Å². The number of carbonyl (C=O) groups excluding carboxylic acids is 1. The molecule has 0 spiro atoms. The molecule has 1 aromatic heterocycles. The molecule has 0 radical (unpaired) electrons. The number of anilines is 1. The number of nitro groups is 1. The van der Waals surface area contributed by atoms with Gasteiger partial charge in [0.25, 0.3) is 11.6 Å². The fourth-order valence-corrected chi connectivity index (χ4v) is 3.57. The molecule has 26 heavy (non-hydrogen) atoms. The molecule has 3 rings (SSSR count). The second kappa shape index (κ2) is 6.99. The standard InChI is InChI=1S/C17H21N5O3S/c1-17(2,3)15-18-16(26-19-15)21-10-8-20(9-11-21)14(23)12-4-6-13(7-5-12)22(24)25/h4-7H,8-11H2,1-3H3. The van der Waals surface area contributed by atoms with Crippen molar-refractivity contribution in [1.29, 1.82) is 0 Å². The van der Waals surface area contributed by atoms with Gasteiger partial charge in [0.15, 0.2) is 0 Å². The summed E-state index contributed by atoms with van der Waals surface area (Å²) in [7, 11) is 0. The van der Waals surface area contributed by atoms with Crippen molar-refractivity contribution in [3.8, 4) is 0 Å². The quantitative estimate of drug-likeness (QED) is 0.605. The molecular formula is C17H21N5O3S. The minimum atomic E-state index is -0.471. The number of aromatic nitrogens is 2. The molecule has 9 heteroatoms. The summed E-state index contributed by atoms with van der Waals surface area (Å²) in [5.41, 5.74) is 0.370. The van der Waals surface area contributed by atoms with Crippen LogP contribution in [0.25, 0.3) is 0 Å². The lowest BCUT2D eigenvalue weighted by atomic mass is 9.96. The van der Waals surface area contributed by atoms with Crippen LogP contribution in [0.2, 0.25) is 0 Å². The Bertz CT molecular complexity index is 805. The summed E-state index contributed by atoms with van der Waals surface area (Å²) in [4.78, 5) is 31.4. The molecule has 0 N–H and O–H groups in total. The second-order valence-corrected chi connectivity index (χ2v) is 7.96. The van der Waals surface area contributed by atoms with Crippen molar-refractivity contribution in [3.63, 3.8) is 0 Å². The van der Waals surface area contributed by atoms with E-state index in [-0.39, 0.29) is 17.0 Å². The van der Waals surface area contributed by atoms with Crippen molar-refractivity contribution in [1.82, 2.24) is 14.3 Å². The third kappa shape index (κ3) is 3.82. The van der Waals surface area contributed by atoms with E-state index < -0.39 is 4.92 Å². The summed E-state index contributed by atoms with van der Waals surface area (Å²) >= 11 is 1.39. The normalized spacial score (nSPS) is 15.2. The van der Waals surface area contributed by atoms with E-state index in [9.17, 15) is 14.9 Å². The summed E-state index contributed by atoms with van der Waals surface area (Å²) in [6, 6.07) is 5.73. The number of nitrogens with zero attached hydrogens (tertiary/aromatic N) is 5. The zero-order valence-electron chi connectivity index (χ0n) is 15.0. The highest BCUT2D eigenvalue weighted by atomic mass is 32.1. The van der Waals surface area contributed by atoms with E-state index in [0.29, 0.717) is 31.7 Å². The molecule has 138 valence electrons. The maximum Gasteiger partial charge on any atom is 0.269 e. The fourth-order valence-electron chi connectivity index (χ4n) is 2.66. The number of amides is 1. The first kappa shape index (κ1) is 18.2. The highest BCUT2D eigenvalue weighted by molar-refractivity contribution is 7.09. The SMILES string of the molecule is CC(C)(C)c1nsc(N2CCN(C(=O)c3ccc([N+](=O)[O-])cc3)CC2)n1. The Morgan fingerprint density at radius 3 is 2.27 bits per heavy atom. The van der Waals surface area contributed by atoms with Gasteiger partial charge in [0.2, 0.25) is 5.13 Å². The predicted molar refractivity (Wildman–Crippen MR) is 99.8 cm³/mol. The summed E-state index contributed by atoms with van der Waals surface area (Å²) < 4.78 is 4.44. The van der Waals surface area contributed by atoms with Crippen molar-refractivity contribution >= 4 is 28.3 Å². The number of nitro benzene ring substituents is 1. The van der Waals surface area contributed by atoms with E-state index in [2.05, 4.69) is 35.0 Å². The molecule has 0 unspecified atom stereocenters. The molecule has 1 aliphatic heterocycles. The topological polar surface area (TPSA) is 92.5 Å². The van der Waals surface area contributed by atoms with Gasteiger partial charge in [-0.15, -0.1) is 0 Å². The smallest absolute Gasteiger partial charge is 0.269 e. The van der Waals surface area contributed by atoms with Gasteiger partial charge in [-0.25, -0.2) is 4.98 Å². The maximum absolute atomic E-state index is 12.6. The van der Waals surface area contributed by atoms with Gasteiger partial charge in [0.1, 0.15) is 5.82 Å². The molecule has 0 bridgehead atoms. The van der Waals surface area contributed by atoms with Crippen molar-refractivity contribution in [3.05, 3.63) is 45.8 Å². The van der Waals surface area contributed by atoms with E-state index >= 15 is 0 Å². The van der Waals surface area contributed by atoms with Gasteiger partial charge < -0.3 is 9.80 Å². The summed E-state index contributed by atoms with van der Waals surface area (Å²) in [5, 5.41) is 11.6. The molecule has 1 fully saturated rings. The largest absolute Gasteiger partial charge is 0.343 e. The molecule has 0 saturated carbocycles. The van der Waals surface area contributed by atoms with Gasteiger partial charge in [0.05, 0.1) is 4.92 Å². The number of carbonyl (C=O) groups is 1. The molecular weight excluding hydrogens is 354 g/mol. The molecule has 1 amide bonds. The zero-order chi connectivity index (χ0) is 18.9. The monoisotopic (exact) mass is 375 g/mol. The molecule has 1 aromatic carbocycles. The van der Waals surface area contributed by atoms with E-state index in [1.165, 1.54) is 35.8 Å². The molecule has 1 saturated heterocycles. The Balaban J connectivity index is 1.62. The van der Waals surface area contributed by atoms with E-state index in [1.54, 1.807) is 4.90 Å². The van der Waals surface area contributed by atoms with Crippen LogP contribution in [0.4, 0.5) is 10.8 Å². The van der Waals surface area contributed by atoms with Crippen molar-refractivity contribution in [2.24, 2.45) is 0 Å². The lowest BCUT2D eigenvalue weighted by molar-refractivity contribution is -0.384. The highest BCUT2D eigenvalue weighted by Crippen LogP contribution is 2.26. The van der Waals surface area contributed by atoms with Crippen LogP contribution in [0.3, 0.4) is 0 Å². The Hall–Kier alpha value is -2.55. The van der Waals surface area contributed by atoms with E-state index in [4.69, 9.17) is 0 Å². The van der Waals surface area contributed by atoms with Gasteiger partial charge in [-0.1, -0.05) is 20.8 Å². The average molecular weight is 375 g/mol. The van der Waals surface area contributed by atoms with Crippen LogP contribution in [0.5, 0.6) is 0 Å². The minimum Gasteiger partial charge on any atom is -0.343 e. The molecule has 0 atom stereocenters. The molecule has 1 aliphatic rings.